The van der Waals surface area contributed by atoms with Gasteiger partial charge >= 0.3 is 5.97 Å². The molecule has 1 aromatic heterocycles. The first-order valence-electron chi connectivity index (χ1n) is 5.89. The number of benzene rings is 1. The number of hydrogen-bond acceptors (Lipinski definition) is 3. The summed E-state index contributed by atoms with van der Waals surface area (Å²) in [6, 6.07) is 3.76. The minimum Gasteiger partial charge on any atom is -0.507 e. The number of nitrogens with zero attached hydrogens (tertiary/aromatic N) is 1. The molecule has 2 rings (SSSR count). The largest absolute Gasteiger partial charge is 0.507 e. The highest BCUT2D eigenvalue weighted by molar-refractivity contribution is 9.10. The summed E-state index contributed by atoms with van der Waals surface area (Å²) in [5.74, 6) is -0.861. The van der Waals surface area contributed by atoms with Crippen LogP contribution in [0.4, 0.5) is 0 Å². The minimum absolute atomic E-state index is 0.0226. The van der Waals surface area contributed by atoms with Gasteiger partial charge < -0.3 is 10.2 Å². The lowest BCUT2D eigenvalue weighted by molar-refractivity contribution is 0.0689. The van der Waals surface area contributed by atoms with Crippen molar-refractivity contribution in [2.75, 3.05) is 0 Å². The van der Waals surface area contributed by atoms with Gasteiger partial charge in [-0.15, -0.1) is 0 Å². The van der Waals surface area contributed by atoms with E-state index in [9.17, 15) is 9.90 Å². The summed E-state index contributed by atoms with van der Waals surface area (Å²) in [4.78, 5) is 15.2. The molecular weight excluding hydrogens is 310 g/mol. The number of carboxylic acids is 1. The molecule has 5 heteroatoms. The number of pyridine rings is 1. The van der Waals surface area contributed by atoms with Crippen molar-refractivity contribution >= 4 is 32.8 Å². The van der Waals surface area contributed by atoms with Crippen LogP contribution < -0.4 is 0 Å². The van der Waals surface area contributed by atoms with Gasteiger partial charge in [-0.3, -0.25) is 0 Å². The van der Waals surface area contributed by atoms with Gasteiger partial charge in [0, 0.05) is 15.4 Å². The molecule has 0 atom stereocenters. The van der Waals surface area contributed by atoms with Crippen molar-refractivity contribution in [1.82, 2.24) is 4.98 Å². The molecular formula is C14H14BrNO3. The SMILES string of the molecule is Cc1c(C(=O)O)nc2c(Br)cc(C(C)C)cc2c1O. The van der Waals surface area contributed by atoms with Gasteiger partial charge in [-0.2, -0.15) is 0 Å². The molecule has 4 nitrogen and oxygen atoms in total. The summed E-state index contributed by atoms with van der Waals surface area (Å²) in [6.07, 6.45) is 0. The van der Waals surface area contributed by atoms with E-state index in [0.29, 0.717) is 21.3 Å². The second-order valence-electron chi connectivity index (χ2n) is 4.79. The molecule has 0 unspecified atom stereocenters. The maximum absolute atomic E-state index is 11.1. The van der Waals surface area contributed by atoms with E-state index >= 15 is 0 Å². The van der Waals surface area contributed by atoms with Crippen LogP contribution in [0.25, 0.3) is 10.9 Å². The molecule has 0 fully saturated rings. The van der Waals surface area contributed by atoms with Crippen LogP contribution in [-0.2, 0) is 0 Å². The third-order valence-corrected chi connectivity index (χ3v) is 3.75. The summed E-state index contributed by atoms with van der Waals surface area (Å²) < 4.78 is 0.687. The van der Waals surface area contributed by atoms with Gasteiger partial charge in [0.1, 0.15) is 5.75 Å². The third kappa shape index (κ3) is 2.30. The molecule has 100 valence electrons. The average molecular weight is 324 g/mol. The minimum atomic E-state index is -1.14. The van der Waals surface area contributed by atoms with Crippen LogP contribution in [0.5, 0.6) is 5.75 Å². The van der Waals surface area contributed by atoms with Gasteiger partial charge in [-0.25, -0.2) is 9.78 Å². The van der Waals surface area contributed by atoms with Crippen molar-refractivity contribution < 1.29 is 15.0 Å². The van der Waals surface area contributed by atoms with E-state index in [1.165, 1.54) is 0 Å². The Kier molecular flexibility index (Phi) is 3.49. The van der Waals surface area contributed by atoms with E-state index in [1.807, 2.05) is 12.1 Å². The van der Waals surface area contributed by atoms with Crippen LogP contribution in [0, 0.1) is 6.92 Å². The predicted molar refractivity (Wildman–Crippen MR) is 76.9 cm³/mol. The molecule has 0 bridgehead atoms. The van der Waals surface area contributed by atoms with Crippen molar-refractivity contribution in [2.45, 2.75) is 26.7 Å². The van der Waals surface area contributed by atoms with Gasteiger partial charge in [0.25, 0.3) is 0 Å². The van der Waals surface area contributed by atoms with Crippen LogP contribution in [0.15, 0.2) is 16.6 Å². The fraction of sp³-hybridized carbons (Fsp3) is 0.286. The predicted octanol–water partition coefficient (Wildman–Crippen LogP) is 3.83. The summed E-state index contributed by atoms with van der Waals surface area (Å²) in [6.45, 7) is 5.66. The van der Waals surface area contributed by atoms with Crippen molar-refractivity contribution in [3.63, 3.8) is 0 Å². The standard InChI is InChI=1S/C14H14BrNO3/c1-6(2)8-4-9-12(10(15)5-8)16-11(14(18)19)7(3)13(9)17/h4-6H,1-3H3,(H,16,17)(H,18,19). The van der Waals surface area contributed by atoms with E-state index in [1.54, 1.807) is 6.92 Å². The summed E-state index contributed by atoms with van der Waals surface area (Å²) >= 11 is 3.39. The number of aromatic nitrogens is 1. The smallest absolute Gasteiger partial charge is 0.354 e. The number of carbonyl (C=O) groups is 1. The number of aromatic hydroxyl groups is 1. The molecule has 0 saturated heterocycles. The Morgan fingerprint density at radius 1 is 1.37 bits per heavy atom. The lowest BCUT2D eigenvalue weighted by atomic mass is 9.99. The number of hydrogen-bond donors (Lipinski definition) is 2. The molecule has 2 N–H and O–H groups in total. The number of aromatic carboxylic acids is 1. The number of halogens is 1. The molecule has 0 aliphatic rings. The van der Waals surface area contributed by atoms with E-state index in [-0.39, 0.29) is 17.0 Å². The zero-order valence-electron chi connectivity index (χ0n) is 10.9. The van der Waals surface area contributed by atoms with Crippen molar-refractivity contribution in [3.8, 4) is 5.75 Å². The van der Waals surface area contributed by atoms with Crippen LogP contribution in [-0.4, -0.2) is 21.2 Å². The van der Waals surface area contributed by atoms with Crippen molar-refractivity contribution in [1.29, 1.82) is 0 Å². The molecule has 1 aromatic carbocycles. The van der Waals surface area contributed by atoms with Gasteiger partial charge in [-0.05, 0) is 46.5 Å². The van der Waals surface area contributed by atoms with Crippen LogP contribution in [0.1, 0.15) is 41.4 Å². The fourth-order valence-corrected chi connectivity index (χ4v) is 2.53. The van der Waals surface area contributed by atoms with E-state index < -0.39 is 5.97 Å². The lowest BCUT2D eigenvalue weighted by Gasteiger charge is -2.12. The van der Waals surface area contributed by atoms with E-state index in [2.05, 4.69) is 34.8 Å². The Morgan fingerprint density at radius 2 is 2.00 bits per heavy atom. The molecule has 19 heavy (non-hydrogen) atoms. The maximum Gasteiger partial charge on any atom is 0.354 e. The monoisotopic (exact) mass is 323 g/mol. The molecule has 0 aliphatic carbocycles. The highest BCUT2D eigenvalue weighted by Gasteiger charge is 2.18. The average Bonchev–Trinajstić information content (AvgIpc) is 2.33. The lowest BCUT2D eigenvalue weighted by Crippen LogP contribution is -2.05. The first-order valence-corrected chi connectivity index (χ1v) is 6.68. The second-order valence-corrected chi connectivity index (χ2v) is 5.65. The van der Waals surface area contributed by atoms with Crippen LogP contribution in [0.2, 0.25) is 0 Å². The Hall–Kier alpha value is -1.62. The number of fused-ring (bicyclic) bond motifs is 1. The highest BCUT2D eigenvalue weighted by atomic mass is 79.9. The zero-order valence-corrected chi connectivity index (χ0v) is 12.4. The topological polar surface area (TPSA) is 70.4 Å². The Bertz CT molecular complexity index is 680. The molecule has 1 heterocycles. The molecule has 0 saturated carbocycles. The van der Waals surface area contributed by atoms with Crippen LogP contribution in [0.3, 0.4) is 0 Å². The first kappa shape index (κ1) is 13.8. The number of carboxylic acid groups (broad SMARTS) is 1. The second kappa shape index (κ2) is 4.81. The maximum atomic E-state index is 11.1. The summed E-state index contributed by atoms with van der Waals surface area (Å²) in [5.41, 5.74) is 1.68. The fourth-order valence-electron chi connectivity index (χ4n) is 1.97. The van der Waals surface area contributed by atoms with Gasteiger partial charge in [0.2, 0.25) is 0 Å². The van der Waals surface area contributed by atoms with Crippen molar-refractivity contribution in [3.05, 3.63) is 33.4 Å². The normalized spacial score (nSPS) is 11.2. The number of rotatable bonds is 2. The van der Waals surface area contributed by atoms with Crippen LogP contribution >= 0.6 is 15.9 Å². The Morgan fingerprint density at radius 3 is 2.53 bits per heavy atom. The molecule has 0 aliphatic heterocycles. The van der Waals surface area contributed by atoms with Gasteiger partial charge in [0.05, 0.1) is 5.52 Å². The molecule has 2 aromatic rings. The van der Waals surface area contributed by atoms with E-state index in [0.717, 1.165) is 5.56 Å². The molecule has 0 amide bonds. The zero-order chi connectivity index (χ0) is 14.3. The van der Waals surface area contributed by atoms with Crippen molar-refractivity contribution in [2.24, 2.45) is 0 Å². The summed E-state index contributed by atoms with van der Waals surface area (Å²) in [7, 11) is 0. The van der Waals surface area contributed by atoms with Gasteiger partial charge in [-0.1, -0.05) is 13.8 Å². The first-order chi connectivity index (χ1) is 8.82. The van der Waals surface area contributed by atoms with Gasteiger partial charge in [0.15, 0.2) is 5.69 Å². The van der Waals surface area contributed by atoms with E-state index in [4.69, 9.17) is 5.11 Å². The Labute approximate surface area is 119 Å². The third-order valence-electron chi connectivity index (χ3n) is 3.14. The Balaban J connectivity index is 2.88. The molecule has 0 spiro atoms. The quantitative estimate of drug-likeness (QED) is 0.881. The molecule has 0 radical (unpaired) electrons. The summed E-state index contributed by atoms with van der Waals surface area (Å²) in [5, 5.41) is 19.9. The highest BCUT2D eigenvalue weighted by Crippen LogP contribution is 2.35.